The Morgan fingerprint density at radius 3 is 2.80 bits per heavy atom. The van der Waals surface area contributed by atoms with E-state index >= 15 is 0 Å². The van der Waals surface area contributed by atoms with Crippen LogP contribution in [-0.4, -0.2) is 15.6 Å². The minimum absolute atomic E-state index is 0.180. The first-order valence-corrected chi connectivity index (χ1v) is 5.47. The Morgan fingerprint density at radius 2 is 2.33 bits per heavy atom. The number of anilines is 1. The molecule has 0 aliphatic heterocycles. The summed E-state index contributed by atoms with van der Waals surface area (Å²) in [5, 5.41) is 9.00. The van der Waals surface area contributed by atoms with Crippen LogP contribution in [0.3, 0.4) is 0 Å². The van der Waals surface area contributed by atoms with Gasteiger partial charge in [-0.2, -0.15) is 0 Å². The number of carboxylic acid groups (broad SMARTS) is 1. The summed E-state index contributed by atoms with van der Waals surface area (Å²) < 4.78 is 2.52. The van der Waals surface area contributed by atoms with Gasteiger partial charge < -0.3 is 15.4 Å². The summed E-state index contributed by atoms with van der Waals surface area (Å²) in [5.41, 5.74) is 7.29. The fraction of sp³-hybridized carbons (Fsp3) is 0.300. The lowest BCUT2D eigenvalue weighted by Gasteiger charge is -1.98. The Balaban J connectivity index is 2.78. The molecule has 2 heterocycles. The van der Waals surface area contributed by atoms with Crippen molar-refractivity contribution >= 4 is 33.2 Å². The van der Waals surface area contributed by atoms with Crippen molar-refractivity contribution in [1.29, 1.82) is 0 Å². The van der Waals surface area contributed by atoms with Crippen LogP contribution < -0.4 is 5.73 Å². The standard InChI is InChI=1S/C10H12N2O2S/c1-3-5-4-6-9(15-5)7(11)8(10(13)14)12(6)2/h4H,3,11H2,1-2H3,(H,13,14). The normalized spacial score (nSPS) is 11.1. The number of rotatable bonds is 2. The molecule has 5 heteroatoms. The van der Waals surface area contributed by atoms with E-state index in [1.54, 1.807) is 23.0 Å². The van der Waals surface area contributed by atoms with E-state index in [-0.39, 0.29) is 5.69 Å². The van der Waals surface area contributed by atoms with E-state index < -0.39 is 5.97 Å². The number of nitrogen functional groups attached to an aromatic ring is 1. The van der Waals surface area contributed by atoms with E-state index in [0.717, 1.165) is 16.6 Å². The molecule has 0 spiro atoms. The molecule has 0 bridgehead atoms. The largest absolute Gasteiger partial charge is 0.477 e. The second-order valence-corrected chi connectivity index (χ2v) is 4.54. The maximum atomic E-state index is 11.0. The molecule has 0 saturated heterocycles. The lowest BCUT2D eigenvalue weighted by Crippen LogP contribution is -2.06. The summed E-state index contributed by atoms with van der Waals surface area (Å²) in [6.07, 6.45) is 0.946. The molecular weight excluding hydrogens is 212 g/mol. The highest BCUT2D eigenvalue weighted by atomic mass is 32.1. The van der Waals surface area contributed by atoms with Crippen molar-refractivity contribution in [3.05, 3.63) is 16.6 Å². The fourth-order valence-corrected chi connectivity index (χ4v) is 2.80. The number of carbonyl (C=O) groups is 1. The number of hydrogen-bond donors (Lipinski definition) is 2. The minimum atomic E-state index is -0.976. The summed E-state index contributed by atoms with van der Waals surface area (Å²) in [6, 6.07) is 2.00. The second kappa shape index (κ2) is 3.27. The predicted octanol–water partition coefficient (Wildman–Crippen LogP) is 2.08. The summed E-state index contributed by atoms with van der Waals surface area (Å²) in [6.45, 7) is 2.07. The Morgan fingerprint density at radius 1 is 1.67 bits per heavy atom. The first-order chi connectivity index (χ1) is 7.06. The number of aromatic carboxylic acids is 1. The van der Waals surface area contributed by atoms with Crippen molar-refractivity contribution in [2.24, 2.45) is 7.05 Å². The number of nitrogens with two attached hydrogens (primary N) is 1. The highest BCUT2D eigenvalue weighted by molar-refractivity contribution is 7.19. The molecular formula is C10H12N2O2S. The number of carboxylic acids is 1. The van der Waals surface area contributed by atoms with Gasteiger partial charge in [0, 0.05) is 11.9 Å². The van der Waals surface area contributed by atoms with Crippen LogP contribution in [0.25, 0.3) is 10.2 Å². The van der Waals surface area contributed by atoms with Crippen molar-refractivity contribution in [1.82, 2.24) is 4.57 Å². The molecule has 0 atom stereocenters. The van der Waals surface area contributed by atoms with E-state index in [1.165, 1.54) is 4.88 Å². The molecule has 0 aliphatic carbocycles. The molecule has 2 rings (SSSR count). The number of fused-ring (bicyclic) bond motifs is 1. The van der Waals surface area contributed by atoms with Gasteiger partial charge in [0.1, 0.15) is 0 Å². The molecule has 0 unspecified atom stereocenters. The third-order valence-electron chi connectivity index (χ3n) is 2.51. The molecule has 0 radical (unpaired) electrons. The van der Waals surface area contributed by atoms with Crippen molar-refractivity contribution in [3.8, 4) is 0 Å². The van der Waals surface area contributed by atoms with Crippen molar-refractivity contribution in [3.63, 3.8) is 0 Å². The van der Waals surface area contributed by atoms with E-state index in [4.69, 9.17) is 10.8 Å². The van der Waals surface area contributed by atoms with Crippen molar-refractivity contribution in [2.75, 3.05) is 5.73 Å². The molecule has 4 nitrogen and oxygen atoms in total. The number of hydrogen-bond acceptors (Lipinski definition) is 3. The molecule has 0 aromatic carbocycles. The molecule has 80 valence electrons. The maximum absolute atomic E-state index is 11.0. The SMILES string of the molecule is CCc1cc2c(s1)c(N)c(C(=O)O)n2C. The van der Waals surface area contributed by atoms with Gasteiger partial charge >= 0.3 is 5.97 Å². The highest BCUT2D eigenvalue weighted by Gasteiger charge is 2.20. The number of nitrogens with zero attached hydrogens (tertiary/aromatic N) is 1. The van der Waals surface area contributed by atoms with Gasteiger partial charge in [-0.15, -0.1) is 11.3 Å². The molecule has 0 saturated carbocycles. The van der Waals surface area contributed by atoms with E-state index in [0.29, 0.717) is 5.69 Å². The molecule has 15 heavy (non-hydrogen) atoms. The minimum Gasteiger partial charge on any atom is -0.477 e. The molecule has 0 aliphatic rings. The van der Waals surface area contributed by atoms with Crippen molar-refractivity contribution < 1.29 is 9.90 Å². The maximum Gasteiger partial charge on any atom is 0.354 e. The Kier molecular flexibility index (Phi) is 2.19. The van der Waals surface area contributed by atoms with Crippen LogP contribution in [0.2, 0.25) is 0 Å². The smallest absolute Gasteiger partial charge is 0.354 e. The predicted molar refractivity (Wildman–Crippen MR) is 61.5 cm³/mol. The fourth-order valence-electron chi connectivity index (χ4n) is 1.71. The third-order valence-corrected chi connectivity index (χ3v) is 3.81. The van der Waals surface area contributed by atoms with Crippen LogP contribution in [0.5, 0.6) is 0 Å². The van der Waals surface area contributed by atoms with Gasteiger partial charge in [-0.05, 0) is 12.5 Å². The molecule has 2 aromatic rings. The lowest BCUT2D eigenvalue weighted by atomic mass is 10.3. The third kappa shape index (κ3) is 1.31. The van der Waals surface area contributed by atoms with Crippen molar-refractivity contribution in [2.45, 2.75) is 13.3 Å². The first-order valence-electron chi connectivity index (χ1n) is 4.66. The molecule has 0 fully saturated rings. The summed E-state index contributed by atoms with van der Waals surface area (Å²) >= 11 is 1.57. The van der Waals surface area contributed by atoms with Gasteiger partial charge in [-0.3, -0.25) is 0 Å². The topological polar surface area (TPSA) is 68.2 Å². The van der Waals surface area contributed by atoms with Crippen LogP contribution in [0.15, 0.2) is 6.07 Å². The van der Waals surface area contributed by atoms with Crippen LogP contribution in [0, 0.1) is 0 Å². The average molecular weight is 224 g/mol. The summed E-state index contributed by atoms with van der Waals surface area (Å²) in [4.78, 5) is 12.2. The zero-order valence-electron chi connectivity index (χ0n) is 8.57. The highest BCUT2D eigenvalue weighted by Crippen LogP contribution is 2.35. The van der Waals surface area contributed by atoms with Gasteiger partial charge in [0.05, 0.1) is 15.9 Å². The number of thiophene rings is 1. The van der Waals surface area contributed by atoms with Crippen LogP contribution in [0.1, 0.15) is 22.3 Å². The second-order valence-electron chi connectivity index (χ2n) is 3.41. The Hall–Kier alpha value is -1.49. The van der Waals surface area contributed by atoms with E-state index in [9.17, 15) is 4.79 Å². The van der Waals surface area contributed by atoms with E-state index in [2.05, 4.69) is 6.92 Å². The first kappa shape index (κ1) is 10.0. The van der Waals surface area contributed by atoms with Gasteiger partial charge in [-0.1, -0.05) is 6.92 Å². The average Bonchev–Trinajstić information content (AvgIpc) is 2.68. The molecule has 3 N–H and O–H groups in total. The molecule has 0 amide bonds. The lowest BCUT2D eigenvalue weighted by molar-refractivity contribution is 0.0688. The number of aromatic nitrogens is 1. The molecule has 2 aromatic heterocycles. The van der Waals surface area contributed by atoms with E-state index in [1.807, 2.05) is 6.07 Å². The van der Waals surface area contributed by atoms with Gasteiger partial charge in [0.2, 0.25) is 0 Å². The Labute approximate surface area is 90.9 Å². The van der Waals surface area contributed by atoms with Gasteiger partial charge in [0.15, 0.2) is 5.69 Å². The Bertz CT molecular complexity index is 502. The van der Waals surface area contributed by atoms with Gasteiger partial charge in [-0.25, -0.2) is 4.79 Å². The zero-order valence-corrected chi connectivity index (χ0v) is 9.39. The van der Waals surface area contributed by atoms with Crippen LogP contribution >= 0.6 is 11.3 Å². The van der Waals surface area contributed by atoms with Crippen LogP contribution in [-0.2, 0) is 13.5 Å². The summed E-state index contributed by atoms with van der Waals surface area (Å²) in [7, 11) is 1.73. The van der Waals surface area contributed by atoms with Crippen LogP contribution in [0.4, 0.5) is 5.69 Å². The summed E-state index contributed by atoms with van der Waals surface area (Å²) in [5.74, 6) is -0.976. The zero-order chi connectivity index (χ0) is 11.2. The van der Waals surface area contributed by atoms with Gasteiger partial charge in [0.25, 0.3) is 0 Å². The quantitative estimate of drug-likeness (QED) is 0.820. The number of aryl methyl sites for hydroxylation is 2. The monoisotopic (exact) mass is 224 g/mol.